The predicted molar refractivity (Wildman–Crippen MR) is 82.8 cm³/mol. The highest BCUT2D eigenvalue weighted by atomic mass is 32.2. The number of ether oxygens (including phenoxy) is 1. The van der Waals surface area contributed by atoms with Crippen LogP contribution in [-0.4, -0.2) is 19.4 Å². The van der Waals surface area contributed by atoms with Crippen LogP contribution in [0.5, 0.6) is 0 Å². The van der Waals surface area contributed by atoms with Crippen molar-refractivity contribution in [3.05, 3.63) is 60.2 Å². The molecular formula is C16H19NOS. The maximum absolute atomic E-state index is 5.20. The molecule has 0 bridgehead atoms. The molecule has 0 radical (unpaired) electrons. The van der Waals surface area contributed by atoms with Crippen LogP contribution in [0.25, 0.3) is 0 Å². The molecule has 0 unspecified atom stereocenters. The second kappa shape index (κ2) is 7.87. The predicted octanol–water partition coefficient (Wildman–Crippen LogP) is 4.04. The minimum absolute atomic E-state index is 0.648. The van der Waals surface area contributed by atoms with Gasteiger partial charge in [-0.25, -0.2) is 0 Å². The normalized spacial score (nSPS) is 10.4. The highest BCUT2D eigenvalue weighted by Gasteiger charge is 2.00. The zero-order valence-corrected chi connectivity index (χ0v) is 12.0. The largest absolute Gasteiger partial charge is 0.384 e. The minimum atomic E-state index is 0.648. The highest BCUT2D eigenvalue weighted by molar-refractivity contribution is 7.99. The molecule has 0 aromatic heterocycles. The summed E-state index contributed by atoms with van der Waals surface area (Å²) in [5.41, 5.74) is 2.37. The van der Waals surface area contributed by atoms with E-state index in [1.165, 1.54) is 10.5 Å². The Morgan fingerprint density at radius 3 is 2.53 bits per heavy atom. The highest BCUT2D eigenvalue weighted by Crippen LogP contribution is 2.18. The number of anilines is 1. The third-order valence-corrected chi connectivity index (χ3v) is 3.76. The van der Waals surface area contributed by atoms with Crippen molar-refractivity contribution in [2.24, 2.45) is 0 Å². The van der Waals surface area contributed by atoms with Gasteiger partial charge in [-0.1, -0.05) is 36.4 Å². The van der Waals surface area contributed by atoms with Gasteiger partial charge < -0.3 is 10.1 Å². The average Bonchev–Trinajstić information content (AvgIpc) is 2.47. The van der Waals surface area contributed by atoms with Crippen LogP contribution in [0.2, 0.25) is 0 Å². The van der Waals surface area contributed by atoms with Crippen molar-refractivity contribution >= 4 is 17.4 Å². The van der Waals surface area contributed by atoms with E-state index in [0.29, 0.717) is 6.61 Å². The van der Waals surface area contributed by atoms with Crippen LogP contribution in [-0.2, 0) is 11.3 Å². The summed E-state index contributed by atoms with van der Waals surface area (Å²) in [5, 5.41) is 3.47. The van der Waals surface area contributed by atoms with Crippen LogP contribution in [0.4, 0.5) is 5.69 Å². The topological polar surface area (TPSA) is 21.3 Å². The quantitative estimate of drug-likeness (QED) is 0.608. The van der Waals surface area contributed by atoms with Crippen LogP contribution in [0.1, 0.15) is 5.56 Å². The van der Waals surface area contributed by atoms with Gasteiger partial charge in [0.05, 0.1) is 6.61 Å². The van der Waals surface area contributed by atoms with Crippen molar-refractivity contribution in [3.8, 4) is 0 Å². The Bertz CT molecular complexity index is 487. The van der Waals surface area contributed by atoms with Gasteiger partial charge in [0.25, 0.3) is 0 Å². The molecular weight excluding hydrogens is 254 g/mol. The molecule has 0 aliphatic heterocycles. The molecule has 100 valence electrons. The van der Waals surface area contributed by atoms with Crippen molar-refractivity contribution in [1.29, 1.82) is 0 Å². The lowest BCUT2D eigenvalue weighted by molar-refractivity contribution is 0.185. The van der Waals surface area contributed by atoms with Crippen LogP contribution >= 0.6 is 11.8 Å². The fraction of sp³-hybridized carbons (Fsp3) is 0.250. The summed E-state index contributed by atoms with van der Waals surface area (Å²) in [4.78, 5) is 1.31. The molecule has 0 saturated carbocycles. The maximum Gasteiger partial charge on any atom is 0.0733 e. The van der Waals surface area contributed by atoms with Crippen molar-refractivity contribution in [2.45, 2.75) is 11.5 Å². The number of nitrogens with one attached hydrogen (secondary N) is 1. The van der Waals surface area contributed by atoms with Crippen molar-refractivity contribution in [1.82, 2.24) is 0 Å². The summed E-state index contributed by atoms with van der Waals surface area (Å²) < 4.78 is 5.20. The molecule has 2 nitrogen and oxygen atoms in total. The zero-order chi connectivity index (χ0) is 13.3. The molecule has 0 saturated heterocycles. The molecule has 0 atom stereocenters. The van der Waals surface area contributed by atoms with Crippen LogP contribution in [0.15, 0.2) is 59.5 Å². The summed E-state index contributed by atoms with van der Waals surface area (Å²) in [6.07, 6.45) is 0. The fourth-order valence-corrected chi connectivity index (χ4v) is 2.63. The van der Waals surface area contributed by atoms with Gasteiger partial charge in [0.15, 0.2) is 0 Å². The Kier molecular flexibility index (Phi) is 5.79. The fourth-order valence-electron chi connectivity index (χ4n) is 1.85. The van der Waals surface area contributed by atoms with E-state index < -0.39 is 0 Å². The molecule has 2 aromatic carbocycles. The average molecular weight is 273 g/mol. The van der Waals surface area contributed by atoms with Gasteiger partial charge in [0, 0.05) is 35.6 Å². The lowest BCUT2D eigenvalue weighted by atomic mass is 10.2. The number of thioether (sulfide) groups is 1. The Morgan fingerprint density at radius 1 is 1.00 bits per heavy atom. The third kappa shape index (κ3) is 4.62. The molecule has 0 amide bonds. The first-order valence-electron chi connectivity index (χ1n) is 6.38. The molecule has 0 fully saturated rings. The Morgan fingerprint density at radius 2 is 1.74 bits per heavy atom. The second-order valence-corrected chi connectivity index (χ2v) is 5.35. The second-order valence-electron chi connectivity index (χ2n) is 4.18. The number of methoxy groups -OCH3 is 1. The van der Waals surface area contributed by atoms with Crippen LogP contribution in [0, 0.1) is 0 Å². The van der Waals surface area contributed by atoms with Crippen molar-refractivity contribution in [2.75, 3.05) is 24.7 Å². The van der Waals surface area contributed by atoms with Gasteiger partial charge in [0.2, 0.25) is 0 Å². The summed E-state index contributed by atoms with van der Waals surface area (Å²) >= 11 is 1.87. The minimum Gasteiger partial charge on any atom is -0.384 e. The molecule has 1 N–H and O–H groups in total. The van der Waals surface area contributed by atoms with E-state index in [1.807, 2.05) is 30.0 Å². The first-order valence-corrected chi connectivity index (χ1v) is 7.37. The maximum atomic E-state index is 5.20. The Balaban J connectivity index is 1.79. The van der Waals surface area contributed by atoms with E-state index in [0.717, 1.165) is 18.0 Å². The molecule has 0 aliphatic rings. The van der Waals surface area contributed by atoms with Crippen LogP contribution in [0.3, 0.4) is 0 Å². The van der Waals surface area contributed by atoms with Gasteiger partial charge in [-0.2, -0.15) is 0 Å². The van der Waals surface area contributed by atoms with E-state index in [2.05, 4.69) is 41.7 Å². The lowest BCUT2D eigenvalue weighted by Gasteiger charge is -2.11. The lowest BCUT2D eigenvalue weighted by Crippen LogP contribution is -2.06. The number of hydrogen-bond acceptors (Lipinski definition) is 3. The van der Waals surface area contributed by atoms with E-state index in [1.54, 1.807) is 7.11 Å². The van der Waals surface area contributed by atoms with Crippen LogP contribution < -0.4 is 5.32 Å². The number of rotatable bonds is 7. The molecule has 0 aliphatic carbocycles. The van der Waals surface area contributed by atoms with Crippen molar-refractivity contribution in [3.63, 3.8) is 0 Å². The number of hydrogen-bond donors (Lipinski definition) is 1. The van der Waals surface area contributed by atoms with E-state index >= 15 is 0 Å². The molecule has 2 aromatic rings. The number of benzene rings is 2. The van der Waals surface area contributed by atoms with Gasteiger partial charge in [0.1, 0.15) is 0 Å². The molecule has 2 rings (SSSR count). The molecule has 19 heavy (non-hydrogen) atoms. The van der Waals surface area contributed by atoms with Gasteiger partial charge in [-0.15, -0.1) is 11.8 Å². The Hall–Kier alpha value is -1.45. The monoisotopic (exact) mass is 273 g/mol. The van der Waals surface area contributed by atoms with Gasteiger partial charge >= 0.3 is 0 Å². The molecule has 3 heteroatoms. The smallest absolute Gasteiger partial charge is 0.0733 e. The first-order chi connectivity index (χ1) is 9.40. The zero-order valence-electron chi connectivity index (χ0n) is 11.1. The van der Waals surface area contributed by atoms with E-state index in [-0.39, 0.29) is 0 Å². The standard InChI is InChI=1S/C16H19NOS/c1-18-13-14-7-5-6-10-16(14)17-11-12-19-15-8-3-2-4-9-15/h2-10,17H,11-13H2,1H3. The summed E-state index contributed by atoms with van der Waals surface area (Å²) in [7, 11) is 1.72. The SMILES string of the molecule is COCc1ccccc1NCCSc1ccccc1. The van der Waals surface area contributed by atoms with Gasteiger partial charge in [-0.3, -0.25) is 0 Å². The van der Waals surface area contributed by atoms with E-state index in [9.17, 15) is 0 Å². The van der Waals surface area contributed by atoms with Crippen molar-refractivity contribution < 1.29 is 4.74 Å². The Labute approximate surface area is 119 Å². The molecule has 0 spiro atoms. The summed E-state index contributed by atoms with van der Waals surface area (Å²) in [6.45, 7) is 1.59. The first kappa shape index (κ1) is 14.0. The van der Waals surface area contributed by atoms with E-state index in [4.69, 9.17) is 4.74 Å². The third-order valence-electron chi connectivity index (χ3n) is 2.75. The summed E-state index contributed by atoms with van der Waals surface area (Å²) in [6, 6.07) is 18.8. The van der Waals surface area contributed by atoms with Gasteiger partial charge in [-0.05, 0) is 18.2 Å². The summed E-state index contributed by atoms with van der Waals surface area (Å²) in [5.74, 6) is 1.05. The number of para-hydroxylation sites is 1. The molecule has 0 heterocycles.